The second kappa shape index (κ2) is 7.61. The third kappa shape index (κ3) is 4.02. The second-order valence-corrected chi connectivity index (χ2v) is 6.51. The zero-order valence-electron chi connectivity index (χ0n) is 12.2. The minimum absolute atomic E-state index is 0.213. The van der Waals surface area contributed by atoms with Crippen LogP contribution in [-0.2, 0) is 6.42 Å². The molecule has 3 aromatic rings. The van der Waals surface area contributed by atoms with Crippen molar-refractivity contribution in [2.75, 3.05) is 17.2 Å². The number of aromatic nitrogens is 4. The molecule has 0 aliphatic rings. The van der Waals surface area contributed by atoms with Crippen molar-refractivity contribution >= 4 is 50.7 Å². The van der Waals surface area contributed by atoms with E-state index in [0.717, 1.165) is 12.1 Å². The van der Waals surface area contributed by atoms with Crippen LogP contribution >= 0.6 is 34.5 Å². The molecule has 0 atom stereocenters. The van der Waals surface area contributed by atoms with Crippen molar-refractivity contribution in [2.45, 2.75) is 6.42 Å². The van der Waals surface area contributed by atoms with E-state index < -0.39 is 5.91 Å². The largest absolute Gasteiger partial charge is 0.360 e. The fourth-order valence-electron chi connectivity index (χ4n) is 1.95. The molecular formula is C14H12Cl2N6OS. The molecule has 0 aliphatic carbocycles. The molecule has 3 N–H and O–H groups in total. The molecule has 0 unspecified atom stereocenters. The lowest BCUT2D eigenvalue weighted by Gasteiger charge is -2.05. The van der Waals surface area contributed by atoms with E-state index in [9.17, 15) is 4.79 Å². The number of rotatable bonds is 6. The predicted octanol–water partition coefficient (Wildman–Crippen LogP) is 3.47. The maximum atomic E-state index is 12.3. The summed E-state index contributed by atoms with van der Waals surface area (Å²) in [7, 11) is 0. The monoisotopic (exact) mass is 382 g/mol. The van der Waals surface area contributed by atoms with Crippen molar-refractivity contribution in [1.29, 1.82) is 0 Å². The van der Waals surface area contributed by atoms with Gasteiger partial charge in [0, 0.05) is 24.9 Å². The number of halogens is 2. The molecule has 24 heavy (non-hydrogen) atoms. The Morgan fingerprint density at radius 3 is 2.67 bits per heavy atom. The quantitative estimate of drug-likeness (QED) is 0.606. The summed E-state index contributed by atoms with van der Waals surface area (Å²) in [6.45, 7) is 0.668. The van der Waals surface area contributed by atoms with Gasteiger partial charge in [0.05, 0.1) is 21.9 Å². The molecule has 2 heterocycles. The van der Waals surface area contributed by atoms with Gasteiger partial charge >= 0.3 is 0 Å². The Hall–Kier alpha value is -2.16. The molecule has 0 aliphatic heterocycles. The van der Waals surface area contributed by atoms with E-state index >= 15 is 0 Å². The molecular weight excluding hydrogens is 371 g/mol. The van der Waals surface area contributed by atoms with Crippen LogP contribution in [0.2, 0.25) is 10.0 Å². The van der Waals surface area contributed by atoms with Crippen molar-refractivity contribution < 1.29 is 4.79 Å². The van der Waals surface area contributed by atoms with Crippen LogP contribution in [0.25, 0.3) is 0 Å². The summed E-state index contributed by atoms with van der Waals surface area (Å²) in [5, 5.41) is 15.2. The molecule has 10 heteroatoms. The maximum Gasteiger partial charge on any atom is 0.260 e. The van der Waals surface area contributed by atoms with Crippen LogP contribution in [0.1, 0.15) is 16.1 Å². The van der Waals surface area contributed by atoms with Crippen molar-refractivity contribution in [3.05, 3.63) is 52.0 Å². The standard InChI is InChI=1S/C14H12Cl2N6OS/c15-9-2-1-3-10(16)11(9)12(23)20-14-22-21-13(24-14)18-5-4-8-6-17-7-19-8/h1-3,6-7H,4-5H2,(H,17,19)(H,18,21)(H,20,22,23). The van der Waals surface area contributed by atoms with Crippen LogP contribution < -0.4 is 10.6 Å². The third-order valence-electron chi connectivity index (χ3n) is 3.06. The minimum atomic E-state index is -0.425. The summed E-state index contributed by atoms with van der Waals surface area (Å²) in [5.74, 6) is -0.425. The molecule has 0 spiro atoms. The summed E-state index contributed by atoms with van der Waals surface area (Å²) in [6.07, 6.45) is 4.17. The van der Waals surface area contributed by atoms with Gasteiger partial charge in [0.15, 0.2) is 0 Å². The zero-order chi connectivity index (χ0) is 16.9. The molecule has 1 amide bonds. The van der Waals surface area contributed by atoms with Gasteiger partial charge in [0.1, 0.15) is 0 Å². The van der Waals surface area contributed by atoms with Crippen LogP contribution in [-0.4, -0.2) is 32.6 Å². The Morgan fingerprint density at radius 2 is 1.96 bits per heavy atom. The van der Waals surface area contributed by atoms with E-state index in [0.29, 0.717) is 16.8 Å². The van der Waals surface area contributed by atoms with Gasteiger partial charge < -0.3 is 10.3 Å². The molecule has 1 aromatic carbocycles. The minimum Gasteiger partial charge on any atom is -0.360 e. The number of carbonyl (C=O) groups is 1. The molecule has 0 fully saturated rings. The lowest BCUT2D eigenvalue weighted by molar-refractivity contribution is 0.102. The molecule has 0 saturated heterocycles. The number of nitrogens with zero attached hydrogens (tertiary/aromatic N) is 3. The van der Waals surface area contributed by atoms with Gasteiger partial charge in [-0.2, -0.15) is 0 Å². The number of carbonyl (C=O) groups excluding carboxylic acids is 1. The Kier molecular flexibility index (Phi) is 5.29. The van der Waals surface area contributed by atoms with Gasteiger partial charge in [-0.25, -0.2) is 4.98 Å². The van der Waals surface area contributed by atoms with Gasteiger partial charge in [-0.15, -0.1) is 10.2 Å². The highest BCUT2D eigenvalue weighted by molar-refractivity contribution is 7.19. The number of H-pyrrole nitrogens is 1. The summed E-state index contributed by atoms with van der Waals surface area (Å²) in [5.41, 5.74) is 1.23. The predicted molar refractivity (Wildman–Crippen MR) is 95.1 cm³/mol. The molecule has 0 saturated carbocycles. The topological polar surface area (TPSA) is 95.6 Å². The van der Waals surface area contributed by atoms with E-state index in [-0.39, 0.29) is 15.6 Å². The van der Waals surface area contributed by atoms with E-state index in [1.165, 1.54) is 11.3 Å². The lowest BCUT2D eigenvalue weighted by Crippen LogP contribution is -2.12. The lowest BCUT2D eigenvalue weighted by atomic mass is 10.2. The SMILES string of the molecule is O=C(Nc1nnc(NCCc2cnc[nH]2)s1)c1c(Cl)cccc1Cl. The van der Waals surface area contributed by atoms with Crippen molar-refractivity contribution in [3.63, 3.8) is 0 Å². The van der Waals surface area contributed by atoms with Gasteiger partial charge in [-0.1, -0.05) is 40.6 Å². The summed E-state index contributed by atoms with van der Waals surface area (Å²) >= 11 is 13.3. The van der Waals surface area contributed by atoms with Gasteiger partial charge in [0.25, 0.3) is 5.91 Å². The molecule has 0 bridgehead atoms. The summed E-state index contributed by atoms with van der Waals surface area (Å²) in [6, 6.07) is 4.88. The average Bonchev–Trinajstić information content (AvgIpc) is 3.19. The van der Waals surface area contributed by atoms with Gasteiger partial charge in [0.2, 0.25) is 10.3 Å². The van der Waals surface area contributed by atoms with Crippen LogP contribution in [0.15, 0.2) is 30.7 Å². The number of nitrogens with one attached hydrogen (secondary N) is 3. The normalized spacial score (nSPS) is 10.6. The molecule has 0 radical (unpaired) electrons. The zero-order valence-corrected chi connectivity index (χ0v) is 14.5. The van der Waals surface area contributed by atoms with E-state index in [4.69, 9.17) is 23.2 Å². The van der Waals surface area contributed by atoms with E-state index in [1.807, 2.05) is 0 Å². The highest BCUT2D eigenvalue weighted by Crippen LogP contribution is 2.26. The van der Waals surface area contributed by atoms with Gasteiger partial charge in [-0.3, -0.25) is 10.1 Å². The molecule has 124 valence electrons. The Bertz CT molecular complexity index is 815. The maximum absolute atomic E-state index is 12.3. The molecule has 2 aromatic heterocycles. The Morgan fingerprint density at radius 1 is 1.21 bits per heavy atom. The first-order chi connectivity index (χ1) is 11.6. The average molecular weight is 383 g/mol. The Balaban J connectivity index is 1.58. The van der Waals surface area contributed by atoms with Crippen molar-refractivity contribution in [3.8, 4) is 0 Å². The first kappa shape index (κ1) is 16.7. The number of aromatic amines is 1. The number of hydrogen-bond acceptors (Lipinski definition) is 6. The summed E-state index contributed by atoms with van der Waals surface area (Å²) < 4.78 is 0. The van der Waals surface area contributed by atoms with Crippen molar-refractivity contribution in [1.82, 2.24) is 20.2 Å². The second-order valence-electron chi connectivity index (χ2n) is 4.72. The highest BCUT2D eigenvalue weighted by Gasteiger charge is 2.16. The number of imidazole rings is 1. The van der Waals surface area contributed by atoms with Gasteiger partial charge in [-0.05, 0) is 12.1 Å². The molecule has 7 nitrogen and oxygen atoms in total. The number of anilines is 2. The number of amides is 1. The first-order valence-electron chi connectivity index (χ1n) is 6.93. The Labute approximate surface area is 151 Å². The van der Waals surface area contributed by atoms with Crippen molar-refractivity contribution in [2.24, 2.45) is 0 Å². The summed E-state index contributed by atoms with van der Waals surface area (Å²) in [4.78, 5) is 19.2. The number of hydrogen-bond donors (Lipinski definition) is 3. The first-order valence-corrected chi connectivity index (χ1v) is 8.50. The highest BCUT2D eigenvalue weighted by atomic mass is 35.5. The van der Waals surface area contributed by atoms with E-state index in [2.05, 4.69) is 30.8 Å². The van der Waals surface area contributed by atoms with Crippen LogP contribution in [0, 0.1) is 0 Å². The molecule has 3 rings (SSSR count). The van der Waals surface area contributed by atoms with E-state index in [1.54, 1.807) is 30.7 Å². The van der Waals surface area contributed by atoms with Crippen LogP contribution in [0.3, 0.4) is 0 Å². The smallest absolute Gasteiger partial charge is 0.260 e. The number of benzene rings is 1. The fourth-order valence-corrected chi connectivity index (χ4v) is 3.18. The fraction of sp³-hybridized carbons (Fsp3) is 0.143. The van der Waals surface area contributed by atoms with Crippen LogP contribution in [0.5, 0.6) is 0 Å². The third-order valence-corrected chi connectivity index (χ3v) is 4.49. The van der Waals surface area contributed by atoms with Crippen LogP contribution in [0.4, 0.5) is 10.3 Å².